The van der Waals surface area contributed by atoms with Gasteiger partial charge in [0.15, 0.2) is 0 Å². The second kappa shape index (κ2) is 8.89. The van der Waals surface area contributed by atoms with Crippen molar-refractivity contribution in [2.24, 2.45) is 5.92 Å². The minimum atomic E-state index is 0.0236. The van der Waals surface area contributed by atoms with Crippen LogP contribution in [-0.4, -0.2) is 64.8 Å². The highest BCUT2D eigenvalue weighted by atomic mass is 16.5. The van der Waals surface area contributed by atoms with Crippen LogP contribution in [-0.2, 0) is 4.74 Å². The molecular weight excluding hydrogens is 290 g/mol. The van der Waals surface area contributed by atoms with E-state index in [1.165, 1.54) is 0 Å². The van der Waals surface area contributed by atoms with Crippen LogP contribution in [0, 0.1) is 5.92 Å². The number of amides is 1. The summed E-state index contributed by atoms with van der Waals surface area (Å²) >= 11 is 0. The zero-order valence-corrected chi connectivity index (χ0v) is 14.5. The molecule has 1 aliphatic rings. The van der Waals surface area contributed by atoms with Gasteiger partial charge in [0.25, 0.3) is 5.91 Å². The number of hydrogen-bond acceptors (Lipinski definition) is 4. The number of rotatable bonds is 7. The Balaban J connectivity index is 1.76. The van der Waals surface area contributed by atoms with E-state index in [2.05, 4.69) is 10.2 Å². The summed E-state index contributed by atoms with van der Waals surface area (Å²) in [6.07, 6.45) is 2.28. The fraction of sp³-hybridized carbons (Fsp3) is 0.611. The van der Waals surface area contributed by atoms with E-state index < -0.39 is 0 Å². The first kappa shape index (κ1) is 17.8. The minimum Gasteiger partial charge on any atom is -0.383 e. The van der Waals surface area contributed by atoms with Gasteiger partial charge in [-0.3, -0.25) is 4.79 Å². The van der Waals surface area contributed by atoms with Crippen molar-refractivity contribution >= 4 is 11.6 Å². The molecule has 0 radical (unpaired) electrons. The lowest BCUT2D eigenvalue weighted by Gasteiger charge is -2.31. The number of hydrogen-bond donors (Lipinski definition) is 1. The summed E-state index contributed by atoms with van der Waals surface area (Å²) in [4.78, 5) is 16.8. The highest BCUT2D eigenvalue weighted by Crippen LogP contribution is 2.17. The zero-order chi connectivity index (χ0) is 16.7. The Hall–Kier alpha value is -1.59. The van der Waals surface area contributed by atoms with Crippen LogP contribution in [0.5, 0.6) is 0 Å². The maximum atomic E-state index is 12.3. The SMILES string of the molecule is COCCN1CCC(CNC(=O)c2cccc(N(C)C)c2)CC1. The number of benzene rings is 1. The average Bonchev–Trinajstić information content (AvgIpc) is 2.58. The van der Waals surface area contributed by atoms with Crippen molar-refractivity contribution in [2.45, 2.75) is 12.8 Å². The number of nitrogens with zero attached hydrogens (tertiary/aromatic N) is 2. The van der Waals surface area contributed by atoms with Gasteiger partial charge in [-0.2, -0.15) is 0 Å². The standard InChI is InChI=1S/C18H29N3O2/c1-20(2)17-6-4-5-16(13-17)18(22)19-14-15-7-9-21(10-8-15)11-12-23-3/h4-6,13,15H,7-12,14H2,1-3H3,(H,19,22). The summed E-state index contributed by atoms with van der Waals surface area (Å²) in [5, 5.41) is 3.09. The van der Waals surface area contributed by atoms with Crippen molar-refractivity contribution in [3.05, 3.63) is 29.8 Å². The van der Waals surface area contributed by atoms with Gasteiger partial charge in [0, 0.05) is 45.5 Å². The van der Waals surface area contributed by atoms with Crippen LogP contribution in [0.15, 0.2) is 24.3 Å². The van der Waals surface area contributed by atoms with Crippen LogP contribution in [0.4, 0.5) is 5.69 Å². The molecule has 1 saturated heterocycles. The Bertz CT molecular complexity index is 497. The highest BCUT2D eigenvalue weighted by molar-refractivity contribution is 5.95. The molecule has 2 rings (SSSR count). The van der Waals surface area contributed by atoms with E-state index in [-0.39, 0.29) is 5.91 Å². The summed E-state index contributed by atoms with van der Waals surface area (Å²) in [5.74, 6) is 0.602. The second-order valence-electron chi connectivity index (χ2n) is 6.43. The van der Waals surface area contributed by atoms with Crippen molar-refractivity contribution in [1.82, 2.24) is 10.2 Å². The first-order valence-electron chi connectivity index (χ1n) is 8.37. The van der Waals surface area contributed by atoms with Crippen molar-refractivity contribution in [3.63, 3.8) is 0 Å². The summed E-state index contributed by atoms with van der Waals surface area (Å²) in [7, 11) is 5.70. The normalized spacial score (nSPS) is 16.3. The third-order valence-electron chi connectivity index (χ3n) is 4.49. The quantitative estimate of drug-likeness (QED) is 0.833. The van der Waals surface area contributed by atoms with E-state index in [1.54, 1.807) is 7.11 Å². The van der Waals surface area contributed by atoms with E-state index >= 15 is 0 Å². The summed E-state index contributed by atoms with van der Waals surface area (Å²) in [6, 6.07) is 7.74. The summed E-state index contributed by atoms with van der Waals surface area (Å²) in [5.41, 5.74) is 1.78. The lowest BCUT2D eigenvalue weighted by molar-refractivity contribution is 0.0926. The Labute approximate surface area is 139 Å². The molecule has 0 aliphatic carbocycles. The third kappa shape index (κ3) is 5.52. The number of carbonyl (C=O) groups excluding carboxylic acids is 1. The molecule has 0 aromatic heterocycles. The molecule has 1 N–H and O–H groups in total. The van der Waals surface area contributed by atoms with E-state index in [0.29, 0.717) is 5.92 Å². The van der Waals surface area contributed by atoms with Gasteiger partial charge in [-0.05, 0) is 50.0 Å². The van der Waals surface area contributed by atoms with Crippen molar-refractivity contribution in [3.8, 4) is 0 Å². The zero-order valence-electron chi connectivity index (χ0n) is 14.5. The van der Waals surface area contributed by atoms with Crippen LogP contribution < -0.4 is 10.2 Å². The van der Waals surface area contributed by atoms with Gasteiger partial charge in [-0.25, -0.2) is 0 Å². The summed E-state index contributed by atoms with van der Waals surface area (Å²) < 4.78 is 5.12. The van der Waals surface area contributed by atoms with Crippen molar-refractivity contribution in [2.75, 3.05) is 58.9 Å². The molecule has 0 bridgehead atoms. The first-order chi connectivity index (χ1) is 11.1. The fourth-order valence-corrected chi connectivity index (χ4v) is 2.90. The van der Waals surface area contributed by atoms with Gasteiger partial charge in [0.2, 0.25) is 0 Å². The molecule has 128 valence electrons. The largest absolute Gasteiger partial charge is 0.383 e. The molecule has 1 aromatic rings. The van der Waals surface area contributed by atoms with Crippen LogP contribution in [0.1, 0.15) is 23.2 Å². The molecule has 0 spiro atoms. The fourth-order valence-electron chi connectivity index (χ4n) is 2.90. The molecule has 1 fully saturated rings. The molecule has 1 heterocycles. The maximum absolute atomic E-state index is 12.3. The van der Waals surface area contributed by atoms with E-state index in [9.17, 15) is 4.79 Å². The number of carbonyl (C=O) groups is 1. The average molecular weight is 319 g/mol. The Morgan fingerprint density at radius 1 is 1.35 bits per heavy atom. The van der Waals surface area contributed by atoms with Crippen LogP contribution >= 0.6 is 0 Å². The molecule has 0 saturated carbocycles. The van der Waals surface area contributed by atoms with Crippen molar-refractivity contribution < 1.29 is 9.53 Å². The number of ether oxygens (including phenoxy) is 1. The lowest BCUT2D eigenvalue weighted by atomic mass is 9.96. The Morgan fingerprint density at radius 2 is 2.09 bits per heavy atom. The molecule has 1 aromatic carbocycles. The lowest BCUT2D eigenvalue weighted by Crippen LogP contribution is -2.39. The topological polar surface area (TPSA) is 44.8 Å². The number of piperidine rings is 1. The van der Waals surface area contributed by atoms with E-state index in [4.69, 9.17) is 4.74 Å². The summed E-state index contributed by atoms with van der Waals surface area (Å²) in [6.45, 7) is 4.76. The number of anilines is 1. The van der Waals surface area contributed by atoms with Gasteiger partial charge in [-0.1, -0.05) is 6.07 Å². The maximum Gasteiger partial charge on any atom is 0.251 e. The highest BCUT2D eigenvalue weighted by Gasteiger charge is 2.19. The minimum absolute atomic E-state index is 0.0236. The van der Waals surface area contributed by atoms with E-state index in [1.807, 2.05) is 43.3 Å². The van der Waals surface area contributed by atoms with Crippen LogP contribution in [0.2, 0.25) is 0 Å². The van der Waals surface area contributed by atoms with Gasteiger partial charge >= 0.3 is 0 Å². The van der Waals surface area contributed by atoms with E-state index in [0.717, 1.165) is 56.9 Å². The smallest absolute Gasteiger partial charge is 0.251 e. The molecule has 1 amide bonds. The Morgan fingerprint density at radius 3 is 2.74 bits per heavy atom. The molecular formula is C18H29N3O2. The van der Waals surface area contributed by atoms with Crippen LogP contribution in [0.3, 0.4) is 0 Å². The monoisotopic (exact) mass is 319 g/mol. The number of methoxy groups -OCH3 is 1. The van der Waals surface area contributed by atoms with Crippen molar-refractivity contribution in [1.29, 1.82) is 0 Å². The predicted octanol–water partition coefficient (Wildman–Crippen LogP) is 1.84. The molecule has 1 aliphatic heterocycles. The molecule has 0 unspecified atom stereocenters. The predicted molar refractivity (Wildman–Crippen MR) is 94.1 cm³/mol. The second-order valence-corrected chi connectivity index (χ2v) is 6.43. The third-order valence-corrected chi connectivity index (χ3v) is 4.49. The Kier molecular flexibility index (Phi) is 6.86. The van der Waals surface area contributed by atoms with Gasteiger partial charge < -0.3 is 19.9 Å². The molecule has 23 heavy (non-hydrogen) atoms. The number of likely N-dealkylation sites (tertiary alicyclic amines) is 1. The number of nitrogens with one attached hydrogen (secondary N) is 1. The van der Waals surface area contributed by atoms with Gasteiger partial charge in [0.1, 0.15) is 0 Å². The van der Waals surface area contributed by atoms with Gasteiger partial charge in [-0.15, -0.1) is 0 Å². The van der Waals surface area contributed by atoms with Gasteiger partial charge in [0.05, 0.1) is 6.61 Å². The molecule has 5 nitrogen and oxygen atoms in total. The van der Waals surface area contributed by atoms with Crippen LogP contribution in [0.25, 0.3) is 0 Å². The molecule has 0 atom stereocenters. The molecule has 5 heteroatoms. The first-order valence-corrected chi connectivity index (χ1v) is 8.37.